The van der Waals surface area contributed by atoms with Gasteiger partial charge < -0.3 is 4.74 Å². The lowest BCUT2D eigenvalue weighted by Gasteiger charge is -2.42. The topological polar surface area (TPSA) is 12.5 Å². The zero-order valence-corrected chi connectivity index (χ0v) is 13.6. The highest BCUT2D eigenvalue weighted by molar-refractivity contribution is 5.35. The van der Waals surface area contributed by atoms with Crippen LogP contribution in [0.1, 0.15) is 50.3 Å². The van der Waals surface area contributed by atoms with Gasteiger partial charge in [-0.25, -0.2) is 0 Å². The molecule has 1 aromatic rings. The van der Waals surface area contributed by atoms with Crippen molar-refractivity contribution in [3.63, 3.8) is 0 Å². The molecule has 1 aliphatic heterocycles. The Kier molecular flexibility index (Phi) is 4.87. The second-order valence-corrected chi connectivity index (χ2v) is 6.86. The van der Waals surface area contributed by atoms with Crippen molar-refractivity contribution in [3.05, 3.63) is 34.9 Å². The molecule has 0 unspecified atom stereocenters. The molecule has 1 aromatic carbocycles. The van der Waals surface area contributed by atoms with Gasteiger partial charge >= 0.3 is 6.18 Å². The highest BCUT2D eigenvalue weighted by Gasteiger charge is 2.36. The van der Waals surface area contributed by atoms with Crippen molar-refractivity contribution in [2.45, 2.75) is 51.9 Å². The summed E-state index contributed by atoms with van der Waals surface area (Å²) in [6.45, 7) is 9.86. The summed E-state index contributed by atoms with van der Waals surface area (Å²) in [7, 11) is 0. The predicted octanol–water partition coefficient (Wildman–Crippen LogP) is 4.44. The van der Waals surface area contributed by atoms with Gasteiger partial charge in [-0.2, -0.15) is 13.2 Å². The summed E-state index contributed by atoms with van der Waals surface area (Å²) in [5, 5.41) is 0. The zero-order chi connectivity index (χ0) is 16.5. The van der Waals surface area contributed by atoms with Crippen molar-refractivity contribution in [2.24, 2.45) is 0 Å². The third-order valence-corrected chi connectivity index (χ3v) is 4.28. The molecule has 0 spiro atoms. The molecule has 2 rings (SSSR count). The monoisotopic (exact) mass is 315 g/mol. The number of nitrogens with zero attached hydrogens (tertiary/aromatic N) is 1. The zero-order valence-electron chi connectivity index (χ0n) is 13.6. The van der Waals surface area contributed by atoms with Gasteiger partial charge in [-0.05, 0) is 37.0 Å². The Labute approximate surface area is 130 Å². The summed E-state index contributed by atoms with van der Waals surface area (Å²) >= 11 is 0. The molecule has 0 atom stereocenters. The van der Waals surface area contributed by atoms with Crippen molar-refractivity contribution >= 4 is 0 Å². The van der Waals surface area contributed by atoms with E-state index in [0.29, 0.717) is 31.9 Å². The van der Waals surface area contributed by atoms with Crippen LogP contribution in [0.2, 0.25) is 0 Å². The number of hydrogen-bond donors (Lipinski definition) is 0. The largest absolute Gasteiger partial charge is 0.416 e. The van der Waals surface area contributed by atoms with Gasteiger partial charge in [-0.3, -0.25) is 4.90 Å². The third-order valence-electron chi connectivity index (χ3n) is 4.28. The lowest BCUT2D eigenvalue weighted by molar-refractivity contribution is -0.139. The summed E-state index contributed by atoms with van der Waals surface area (Å²) in [5.41, 5.74) is 0.294. The first-order valence-corrected chi connectivity index (χ1v) is 7.64. The highest BCUT2D eigenvalue weighted by atomic mass is 19.4. The molecule has 1 saturated heterocycles. The molecule has 1 heterocycles. The Morgan fingerprint density at radius 2 is 1.95 bits per heavy atom. The SMILES string of the molecule is CC(C)c1ccc(CN2CCOCC2(C)C)c(C(F)(F)F)c1. The van der Waals surface area contributed by atoms with Crippen molar-refractivity contribution in [3.8, 4) is 0 Å². The average molecular weight is 315 g/mol. The Morgan fingerprint density at radius 1 is 1.27 bits per heavy atom. The van der Waals surface area contributed by atoms with E-state index in [4.69, 9.17) is 4.74 Å². The number of ether oxygens (including phenoxy) is 1. The third kappa shape index (κ3) is 3.82. The molecular formula is C17H24F3NO. The van der Waals surface area contributed by atoms with Crippen molar-refractivity contribution in [1.82, 2.24) is 4.90 Å². The normalized spacial score (nSPS) is 19.6. The van der Waals surface area contributed by atoms with Crippen LogP contribution in [0, 0.1) is 0 Å². The van der Waals surface area contributed by atoms with Gasteiger partial charge in [0.15, 0.2) is 0 Å². The Morgan fingerprint density at radius 3 is 2.50 bits per heavy atom. The molecule has 1 aliphatic rings. The van der Waals surface area contributed by atoms with E-state index in [1.165, 1.54) is 6.07 Å². The molecule has 1 fully saturated rings. The Hall–Kier alpha value is -1.07. The molecule has 0 aromatic heterocycles. The molecule has 124 valence electrons. The van der Waals surface area contributed by atoms with E-state index >= 15 is 0 Å². The van der Waals surface area contributed by atoms with Crippen LogP contribution in [0.4, 0.5) is 13.2 Å². The minimum absolute atomic E-state index is 0.0787. The molecule has 0 N–H and O–H groups in total. The second kappa shape index (κ2) is 6.20. The van der Waals surface area contributed by atoms with Crippen molar-refractivity contribution < 1.29 is 17.9 Å². The number of hydrogen-bond acceptors (Lipinski definition) is 2. The van der Waals surface area contributed by atoms with Crippen LogP contribution in [0.15, 0.2) is 18.2 Å². The van der Waals surface area contributed by atoms with Crippen LogP contribution < -0.4 is 0 Å². The maximum absolute atomic E-state index is 13.4. The summed E-state index contributed by atoms with van der Waals surface area (Å²) in [6.07, 6.45) is -4.32. The fourth-order valence-electron chi connectivity index (χ4n) is 2.74. The van der Waals surface area contributed by atoms with E-state index in [2.05, 4.69) is 4.90 Å². The smallest absolute Gasteiger partial charge is 0.378 e. The first-order valence-electron chi connectivity index (χ1n) is 7.64. The van der Waals surface area contributed by atoms with Gasteiger partial charge in [-0.1, -0.05) is 26.0 Å². The lowest BCUT2D eigenvalue weighted by Crippen LogP contribution is -2.52. The molecule has 0 saturated carbocycles. The fraction of sp³-hybridized carbons (Fsp3) is 0.647. The van der Waals surface area contributed by atoms with Crippen LogP contribution in [0.25, 0.3) is 0 Å². The van der Waals surface area contributed by atoms with Crippen LogP contribution in [0.5, 0.6) is 0 Å². The van der Waals surface area contributed by atoms with Gasteiger partial charge in [-0.15, -0.1) is 0 Å². The summed E-state index contributed by atoms with van der Waals surface area (Å²) in [4.78, 5) is 2.07. The molecule has 0 radical (unpaired) electrons. The number of rotatable bonds is 3. The fourth-order valence-corrected chi connectivity index (χ4v) is 2.74. The van der Waals surface area contributed by atoms with Gasteiger partial charge in [0.25, 0.3) is 0 Å². The van der Waals surface area contributed by atoms with Crippen LogP contribution in [0.3, 0.4) is 0 Å². The Bertz CT molecular complexity index is 523. The Balaban J connectivity index is 2.34. The van der Waals surface area contributed by atoms with Gasteiger partial charge in [0.2, 0.25) is 0 Å². The second-order valence-electron chi connectivity index (χ2n) is 6.86. The number of morpholine rings is 1. The molecule has 5 heteroatoms. The molecular weight excluding hydrogens is 291 g/mol. The number of halogens is 3. The van der Waals surface area contributed by atoms with Crippen LogP contribution >= 0.6 is 0 Å². The van der Waals surface area contributed by atoms with E-state index < -0.39 is 11.7 Å². The van der Waals surface area contributed by atoms with E-state index in [0.717, 1.165) is 5.56 Å². The van der Waals surface area contributed by atoms with Crippen molar-refractivity contribution in [2.75, 3.05) is 19.8 Å². The molecule has 2 nitrogen and oxygen atoms in total. The highest BCUT2D eigenvalue weighted by Crippen LogP contribution is 2.35. The summed E-state index contributed by atoms with van der Waals surface area (Å²) in [5.74, 6) is 0.0787. The quantitative estimate of drug-likeness (QED) is 0.817. The maximum Gasteiger partial charge on any atom is 0.416 e. The number of benzene rings is 1. The van der Waals surface area contributed by atoms with Gasteiger partial charge in [0.1, 0.15) is 0 Å². The average Bonchev–Trinajstić information content (AvgIpc) is 2.40. The minimum atomic E-state index is -4.32. The molecule has 0 aliphatic carbocycles. The standard InChI is InChI=1S/C17H24F3NO/c1-12(2)13-5-6-14(15(9-13)17(18,19)20)10-21-7-8-22-11-16(21,3)4/h5-6,9,12H,7-8,10-11H2,1-4H3. The van der Waals surface area contributed by atoms with E-state index in [-0.39, 0.29) is 11.5 Å². The summed E-state index contributed by atoms with van der Waals surface area (Å²) < 4.78 is 45.6. The van der Waals surface area contributed by atoms with E-state index in [1.54, 1.807) is 6.07 Å². The summed E-state index contributed by atoms with van der Waals surface area (Å²) in [6, 6.07) is 4.74. The predicted molar refractivity (Wildman–Crippen MR) is 80.8 cm³/mol. The number of alkyl halides is 3. The van der Waals surface area contributed by atoms with E-state index in [1.807, 2.05) is 33.8 Å². The van der Waals surface area contributed by atoms with Gasteiger partial charge in [0, 0.05) is 18.6 Å². The van der Waals surface area contributed by atoms with Crippen LogP contribution in [-0.4, -0.2) is 30.2 Å². The molecule has 0 amide bonds. The first-order chi connectivity index (χ1) is 10.1. The molecule has 22 heavy (non-hydrogen) atoms. The van der Waals surface area contributed by atoms with Crippen molar-refractivity contribution in [1.29, 1.82) is 0 Å². The lowest BCUT2D eigenvalue weighted by atomic mass is 9.95. The maximum atomic E-state index is 13.4. The molecule has 0 bridgehead atoms. The first kappa shape index (κ1) is 17.3. The van der Waals surface area contributed by atoms with Gasteiger partial charge in [0.05, 0.1) is 18.8 Å². The van der Waals surface area contributed by atoms with E-state index in [9.17, 15) is 13.2 Å². The van der Waals surface area contributed by atoms with Crippen LogP contribution in [-0.2, 0) is 17.5 Å². The minimum Gasteiger partial charge on any atom is -0.378 e.